The Bertz CT molecular complexity index is 737. The van der Waals surface area contributed by atoms with Crippen molar-refractivity contribution in [2.24, 2.45) is 0 Å². The van der Waals surface area contributed by atoms with Crippen LogP contribution < -0.4 is 5.32 Å². The maximum atomic E-state index is 6.27. The third-order valence-electron chi connectivity index (χ3n) is 3.40. The van der Waals surface area contributed by atoms with Crippen molar-refractivity contribution in [2.75, 3.05) is 7.05 Å². The summed E-state index contributed by atoms with van der Waals surface area (Å²) in [5.41, 5.74) is 2.11. The number of likely N-dealkylation sites (N-methyl/N-ethyl adjacent to an activating group) is 1. The normalized spacial score (nSPS) is 12.7. The summed E-state index contributed by atoms with van der Waals surface area (Å²) in [5.74, 6) is 0. The monoisotopic (exact) mass is 336 g/mol. The molecule has 1 N–H and O–H groups in total. The topological polar surface area (TPSA) is 24.9 Å². The lowest BCUT2D eigenvalue weighted by molar-refractivity contribution is 0.590. The van der Waals surface area contributed by atoms with E-state index in [1.165, 1.54) is 4.70 Å². The molecule has 1 aromatic heterocycles. The number of halogens is 2. The Morgan fingerprint density at radius 3 is 2.71 bits per heavy atom. The number of hydrogen-bond donors (Lipinski definition) is 1. The van der Waals surface area contributed by atoms with Gasteiger partial charge in [-0.2, -0.15) is 0 Å². The van der Waals surface area contributed by atoms with Crippen molar-refractivity contribution in [1.29, 1.82) is 0 Å². The lowest BCUT2D eigenvalue weighted by Gasteiger charge is -2.14. The maximum Gasteiger partial charge on any atom is 0.111 e. The van der Waals surface area contributed by atoms with Gasteiger partial charge in [-0.05, 0) is 43.3 Å². The van der Waals surface area contributed by atoms with Gasteiger partial charge in [0.2, 0.25) is 0 Å². The summed E-state index contributed by atoms with van der Waals surface area (Å²) in [6.07, 6.45) is 0.784. The van der Waals surface area contributed by atoms with Crippen molar-refractivity contribution in [3.63, 3.8) is 0 Å². The smallest absolute Gasteiger partial charge is 0.111 e. The van der Waals surface area contributed by atoms with Gasteiger partial charge in [0.05, 0.1) is 16.3 Å². The van der Waals surface area contributed by atoms with E-state index in [0.717, 1.165) is 22.5 Å². The molecular weight excluding hydrogens is 323 g/mol. The molecule has 3 aromatic rings. The van der Waals surface area contributed by atoms with E-state index < -0.39 is 0 Å². The molecule has 5 heteroatoms. The van der Waals surface area contributed by atoms with Crippen molar-refractivity contribution >= 4 is 44.8 Å². The van der Waals surface area contributed by atoms with Gasteiger partial charge in [0.1, 0.15) is 5.01 Å². The summed E-state index contributed by atoms with van der Waals surface area (Å²) >= 11 is 13.9. The molecule has 2 nitrogen and oxygen atoms in total. The molecule has 0 aliphatic heterocycles. The van der Waals surface area contributed by atoms with Crippen molar-refractivity contribution in [1.82, 2.24) is 10.3 Å². The molecule has 2 aromatic carbocycles. The number of aromatic nitrogens is 1. The SMILES string of the molecule is CNC(Cc1ccc(Cl)cc1Cl)c1nc2ccccc2s1. The van der Waals surface area contributed by atoms with E-state index >= 15 is 0 Å². The molecule has 0 radical (unpaired) electrons. The molecule has 0 fully saturated rings. The first-order valence-electron chi connectivity index (χ1n) is 6.64. The van der Waals surface area contributed by atoms with Gasteiger partial charge in [0, 0.05) is 10.0 Å². The van der Waals surface area contributed by atoms with Crippen LogP contribution >= 0.6 is 34.5 Å². The van der Waals surface area contributed by atoms with E-state index in [1.807, 2.05) is 37.4 Å². The predicted molar refractivity (Wildman–Crippen MR) is 91.6 cm³/mol. The molecule has 1 unspecified atom stereocenters. The molecule has 0 saturated carbocycles. The maximum absolute atomic E-state index is 6.27. The molecule has 0 amide bonds. The van der Waals surface area contributed by atoms with Crippen LogP contribution in [0.15, 0.2) is 42.5 Å². The van der Waals surface area contributed by atoms with Gasteiger partial charge in [-0.1, -0.05) is 41.4 Å². The zero-order chi connectivity index (χ0) is 14.8. The van der Waals surface area contributed by atoms with Crippen LogP contribution in [0.25, 0.3) is 10.2 Å². The van der Waals surface area contributed by atoms with Crippen LogP contribution in [0.4, 0.5) is 0 Å². The third kappa shape index (κ3) is 3.22. The quantitative estimate of drug-likeness (QED) is 0.716. The average Bonchev–Trinajstić information content (AvgIpc) is 2.90. The predicted octanol–water partition coefficient (Wildman–Crippen LogP) is 5.11. The van der Waals surface area contributed by atoms with Crippen LogP contribution in [-0.2, 0) is 6.42 Å². The van der Waals surface area contributed by atoms with E-state index in [1.54, 1.807) is 17.4 Å². The number of benzene rings is 2. The zero-order valence-corrected chi connectivity index (χ0v) is 13.8. The van der Waals surface area contributed by atoms with Crippen molar-refractivity contribution < 1.29 is 0 Å². The highest BCUT2D eigenvalue weighted by molar-refractivity contribution is 7.18. The van der Waals surface area contributed by atoms with Crippen LogP contribution in [0, 0.1) is 0 Å². The second-order valence-electron chi connectivity index (χ2n) is 4.80. The molecule has 0 aliphatic carbocycles. The summed E-state index contributed by atoms with van der Waals surface area (Å²) in [6.45, 7) is 0. The van der Waals surface area contributed by atoms with Gasteiger partial charge in [-0.25, -0.2) is 4.98 Å². The Kier molecular flexibility index (Phi) is 4.45. The van der Waals surface area contributed by atoms with Gasteiger partial charge in [0.15, 0.2) is 0 Å². The molecule has 0 bridgehead atoms. The minimum absolute atomic E-state index is 0.140. The lowest BCUT2D eigenvalue weighted by Crippen LogP contribution is -2.18. The molecule has 0 saturated heterocycles. The molecular formula is C16H14Cl2N2S. The highest BCUT2D eigenvalue weighted by Gasteiger charge is 2.16. The number of nitrogens with one attached hydrogen (secondary N) is 1. The minimum Gasteiger partial charge on any atom is -0.311 e. The molecule has 3 rings (SSSR count). The zero-order valence-electron chi connectivity index (χ0n) is 11.4. The van der Waals surface area contributed by atoms with E-state index in [0.29, 0.717) is 10.0 Å². The number of fused-ring (bicyclic) bond motifs is 1. The van der Waals surface area contributed by atoms with E-state index in [2.05, 4.69) is 11.4 Å². The van der Waals surface area contributed by atoms with Crippen LogP contribution in [-0.4, -0.2) is 12.0 Å². The fraction of sp³-hybridized carbons (Fsp3) is 0.188. The Morgan fingerprint density at radius 1 is 1.19 bits per heavy atom. The Morgan fingerprint density at radius 2 is 2.00 bits per heavy atom. The standard InChI is InChI=1S/C16H14Cl2N2S/c1-19-14(8-10-6-7-11(17)9-12(10)18)16-20-13-4-2-3-5-15(13)21-16/h2-7,9,14,19H,8H2,1H3. The van der Waals surface area contributed by atoms with Gasteiger partial charge in [-0.15, -0.1) is 11.3 Å². The molecule has 108 valence electrons. The molecule has 1 atom stereocenters. The largest absolute Gasteiger partial charge is 0.311 e. The fourth-order valence-corrected chi connectivity index (χ4v) is 3.82. The third-order valence-corrected chi connectivity index (χ3v) is 5.13. The molecule has 1 heterocycles. The van der Waals surface area contributed by atoms with E-state index in [9.17, 15) is 0 Å². The Hall–Kier alpha value is -1.13. The average molecular weight is 337 g/mol. The second-order valence-corrected chi connectivity index (χ2v) is 6.71. The van der Waals surface area contributed by atoms with Gasteiger partial charge < -0.3 is 5.32 Å². The first-order chi connectivity index (χ1) is 10.2. The van der Waals surface area contributed by atoms with Crippen LogP contribution in [0.3, 0.4) is 0 Å². The Labute approximate surface area is 137 Å². The summed E-state index contributed by atoms with van der Waals surface area (Å²) in [7, 11) is 1.94. The minimum atomic E-state index is 0.140. The Balaban J connectivity index is 1.90. The number of nitrogens with zero attached hydrogens (tertiary/aromatic N) is 1. The van der Waals surface area contributed by atoms with Gasteiger partial charge >= 0.3 is 0 Å². The molecule has 0 aliphatic rings. The summed E-state index contributed by atoms with van der Waals surface area (Å²) in [6, 6.07) is 13.9. The highest BCUT2D eigenvalue weighted by atomic mass is 35.5. The first kappa shape index (κ1) is 14.8. The lowest BCUT2D eigenvalue weighted by atomic mass is 10.1. The molecule has 21 heavy (non-hydrogen) atoms. The van der Waals surface area contributed by atoms with Crippen LogP contribution in [0.5, 0.6) is 0 Å². The van der Waals surface area contributed by atoms with E-state index in [-0.39, 0.29) is 6.04 Å². The van der Waals surface area contributed by atoms with Crippen LogP contribution in [0.2, 0.25) is 10.0 Å². The van der Waals surface area contributed by atoms with Gasteiger partial charge in [-0.3, -0.25) is 0 Å². The second kappa shape index (κ2) is 6.32. The summed E-state index contributed by atoms with van der Waals surface area (Å²) in [4.78, 5) is 4.71. The molecule has 0 spiro atoms. The fourth-order valence-electron chi connectivity index (χ4n) is 2.26. The van der Waals surface area contributed by atoms with Crippen molar-refractivity contribution in [2.45, 2.75) is 12.5 Å². The number of para-hydroxylation sites is 1. The highest BCUT2D eigenvalue weighted by Crippen LogP contribution is 2.30. The first-order valence-corrected chi connectivity index (χ1v) is 8.21. The number of rotatable bonds is 4. The summed E-state index contributed by atoms with van der Waals surface area (Å²) in [5, 5.41) is 5.75. The summed E-state index contributed by atoms with van der Waals surface area (Å²) < 4.78 is 1.20. The van der Waals surface area contributed by atoms with Gasteiger partial charge in [0.25, 0.3) is 0 Å². The van der Waals surface area contributed by atoms with Crippen molar-refractivity contribution in [3.05, 3.63) is 63.1 Å². The van der Waals surface area contributed by atoms with Crippen LogP contribution in [0.1, 0.15) is 16.6 Å². The van der Waals surface area contributed by atoms with Crippen molar-refractivity contribution in [3.8, 4) is 0 Å². The number of thiazole rings is 1. The number of hydrogen-bond acceptors (Lipinski definition) is 3. The van der Waals surface area contributed by atoms with E-state index in [4.69, 9.17) is 28.2 Å².